The quantitative estimate of drug-likeness (QED) is 0.692. The summed E-state index contributed by atoms with van der Waals surface area (Å²) < 4.78 is 0. The van der Waals surface area contributed by atoms with Crippen molar-refractivity contribution in [1.82, 2.24) is 19.8 Å². The Morgan fingerprint density at radius 1 is 1.20 bits per heavy atom. The van der Waals surface area contributed by atoms with Crippen LogP contribution < -0.4 is 5.32 Å². The summed E-state index contributed by atoms with van der Waals surface area (Å²) in [5.41, 5.74) is 0.897. The third-order valence-corrected chi connectivity index (χ3v) is 4.33. The number of amides is 1. The van der Waals surface area contributed by atoms with E-state index >= 15 is 0 Å². The number of nitrogens with one attached hydrogen (secondary N) is 1. The molecule has 136 valence electrons. The van der Waals surface area contributed by atoms with E-state index in [0.717, 1.165) is 36.2 Å². The van der Waals surface area contributed by atoms with Gasteiger partial charge in [-0.1, -0.05) is 12.1 Å². The lowest BCUT2D eigenvalue weighted by Gasteiger charge is -2.17. The third kappa shape index (κ3) is 5.86. The van der Waals surface area contributed by atoms with E-state index in [9.17, 15) is 4.79 Å². The van der Waals surface area contributed by atoms with E-state index in [0.29, 0.717) is 18.1 Å². The fourth-order valence-electron chi connectivity index (χ4n) is 2.47. The Bertz CT molecular complexity index is 707. The topological polar surface area (TPSA) is 61.4 Å². The maximum absolute atomic E-state index is 12.0. The van der Waals surface area contributed by atoms with Crippen LogP contribution in [-0.2, 0) is 11.3 Å². The van der Waals surface area contributed by atoms with Crippen LogP contribution in [0, 0.1) is 0 Å². The molecule has 1 aromatic carbocycles. The van der Waals surface area contributed by atoms with Gasteiger partial charge < -0.3 is 15.1 Å². The fraction of sp³-hybridized carbons (Fsp3) is 0.500. The molecule has 0 fully saturated rings. The number of hydrogen-bond donors (Lipinski definition) is 1. The molecule has 0 radical (unpaired) electrons. The van der Waals surface area contributed by atoms with Crippen molar-refractivity contribution in [3.05, 3.63) is 30.1 Å². The van der Waals surface area contributed by atoms with Crippen molar-refractivity contribution in [2.24, 2.45) is 0 Å². The zero-order chi connectivity index (χ0) is 18.2. The molecule has 2 rings (SSSR count). The van der Waals surface area contributed by atoms with Gasteiger partial charge in [0.05, 0.1) is 17.8 Å². The summed E-state index contributed by atoms with van der Waals surface area (Å²) in [5, 5.41) is 4.43. The minimum Gasteiger partial charge on any atom is -0.369 e. The number of para-hydroxylation sites is 1. The van der Waals surface area contributed by atoms with Gasteiger partial charge in [0.15, 0.2) is 5.82 Å². The average Bonchev–Trinajstić information content (AvgIpc) is 2.58. The predicted octanol–water partition coefficient (Wildman–Crippen LogP) is 2.31. The maximum atomic E-state index is 12.0. The second-order valence-electron chi connectivity index (χ2n) is 6.27. The molecule has 2 aromatic rings. The number of rotatable bonds is 9. The molecule has 1 N–H and O–H groups in total. The minimum absolute atomic E-state index is 0.0877. The SMILES string of the molecule is CSCC(=O)N(C)Cc1nc(NCCCN(C)C)c2ccccc2n1. The smallest absolute Gasteiger partial charge is 0.232 e. The Hall–Kier alpha value is -1.86. The summed E-state index contributed by atoms with van der Waals surface area (Å²) >= 11 is 1.52. The number of carbonyl (C=O) groups excluding carboxylic acids is 1. The first-order valence-electron chi connectivity index (χ1n) is 8.38. The molecule has 1 amide bonds. The maximum Gasteiger partial charge on any atom is 0.232 e. The Morgan fingerprint density at radius 3 is 2.68 bits per heavy atom. The lowest BCUT2D eigenvalue weighted by Crippen LogP contribution is -2.28. The zero-order valence-corrected chi connectivity index (χ0v) is 16.3. The first-order chi connectivity index (χ1) is 12.0. The standard InChI is InChI=1S/C18H27N5OS/c1-22(2)11-7-10-19-18-14-8-5-6-9-15(14)20-16(21-18)12-23(3)17(24)13-25-4/h5-6,8-9H,7,10-13H2,1-4H3,(H,19,20,21). The summed E-state index contributed by atoms with van der Waals surface area (Å²) in [6, 6.07) is 7.97. The summed E-state index contributed by atoms with van der Waals surface area (Å²) in [4.78, 5) is 25.1. The molecule has 25 heavy (non-hydrogen) atoms. The van der Waals surface area contributed by atoms with E-state index < -0.39 is 0 Å². The molecule has 0 aliphatic carbocycles. The number of carbonyl (C=O) groups is 1. The van der Waals surface area contributed by atoms with Gasteiger partial charge in [-0.15, -0.1) is 0 Å². The normalized spacial score (nSPS) is 11.1. The first kappa shape index (κ1) is 19.5. The monoisotopic (exact) mass is 361 g/mol. The highest BCUT2D eigenvalue weighted by Crippen LogP contribution is 2.20. The zero-order valence-electron chi connectivity index (χ0n) is 15.5. The van der Waals surface area contributed by atoms with Crippen LogP contribution in [0.25, 0.3) is 10.9 Å². The van der Waals surface area contributed by atoms with Crippen LogP contribution in [0.2, 0.25) is 0 Å². The summed E-state index contributed by atoms with van der Waals surface area (Å²) in [6.45, 7) is 2.28. The molecule has 1 heterocycles. The van der Waals surface area contributed by atoms with E-state index in [1.807, 2.05) is 30.5 Å². The molecule has 0 spiro atoms. The van der Waals surface area contributed by atoms with Gasteiger partial charge in [-0.25, -0.2) is 9.97 Å². The Balaban J connectivity index is 2.16. The molecule has 0 saturated heterocycles. The number of benzene rings is 1. The van der Waals surface area contributed by atoms with Crippen LogP contribution in [0.1, 0.15) is 12.2 Å². The summed E-state index contributed by atoms with van der Waals surface area (Å²) in [7, 11) is 5.93. The number of nitrogens with zero attached hydrogens (tertiary/aromatic N) is 4. The Labute approximate surface area is 154 Å². The van der Waals surface area contributed by atoms with E-state index in [-0.39, 0.29) is 5.91 Å². The van der Waals surface area contributed by atoms with Gasteiger partial charge >= 0.3 is 0 Å². The van der Waals surface area contributed by atoms with Crippen molar-refractivity contribution in [3.8, 4) is 0 Å². The molecule has 0 aliphatic rings. The van der Waals surface area contributed by atoms with Crippen molar-refractivity contribution in [1.29, 1.82) is 0 Å². The van der Waals surface area contributed by atoms with Crippen LogP contribution >= 0.6 is 11.8 Å². The Kier molecular flexibility index (Phi) is 7.46. The highest BCUT2D eigenvalue weighted by Gasteiger charge is 2.13. The van der Waals surface area contributed by atoms with E-state index in [4.69, 9.17) is 0 Å². The van der Waals surface area contributed by atoms with Gasteiger partial charge in [-0.05, 0) is 45.4 Å². The molecular weight excluding hydrogens is 334 g/mol. The van der Waals surface area contributed by atoms with Crippen LogP contribution in [0.5, 0.6) is 0 Å². The molecule has 0 aliphatic heterocycles. The van der Waals surface area contributed by atoms with Gasteiger partial charge in [0, 0.05) is 19.0 Å². The molecule has 0 unspecified atom stereocenters. The van der Waals surface area contributed by atoms with Gasteiger partial charge in [-0.2, -0.15) is 11.8 Å². The number of aromatic nitrogens is 2. The van der Waals surface area contributed by atoms with Crippen LogP contribution in [0.15, 0.2) is 24.3 Å². The molecule has 0 saturated carbocycles. The highest BCUT2D eigenvalue weighted by atomic mass is 32.2. The molecular formula is C18H27N5OS. The number of fused-ring (bicyclic) bond motifs is 1. The predicted molar refractivity (Wildman–Crippen MR) is 106 cm³/mol. The summed E-state index contributed by atoms with van der Waals surface area (Å²) in [5.74, 6) is 2.06. The van der Waals surface area contributed by atoms with E-state index in [2.05, 4.69) is 34.3 Å². The van der Waals surface area contributed by atoms with Crippen LogP contribution in [0.3, 0.4) is 0 Å². The van der Waals surface area contributed by atoms with Crippen molar-refractivity contribution < 1.29 is 4.79 Å². The van der Waals surface area contributed by atoms with Crippen LogP contribution in [-0.4, -0.2) is 71.9 Å². The average molecular weight is 362 g/mol. The lowest BCUT2D eigenvalue weighted by molar-refractivity contribution is -0.127. The largest absolute Gasteiger partial charge is 0.369 e. The summed E-state index contributed by atoms with van der Waals surface area (Å²) in [6.07, 6.45) is 2.96. The second kappa shape index (κ2) is 9.58. The van der Waals surface area contributed by atoms with E-state index in [1.54, 1.807) is 11.9 Å². The van der Waals surface area contributed by atoms with Crippen molar-refractivity contribution in [2.75, 3.05) is 51.6 Å². The molecule has 1 aromatic heterocycles. The lowest BCUT2D eigenvalue weighted by atomic mass is 10.2. The van der Waals surface area contributed by atoms with Gasteiger partial charge in [0.1, 0.15) is 5.82 Å². The van der Waals surface area contributed by atoms with Crippen molar-refractivity contribution >= 4 is 34.4 Å². The molecule has 6 nitrogen and oxygen atoms in total. The number of hydrogen-bond acceptors (Lipinski definition) is 6. The van der Waals surface area contributed by atoms with Gasteiger partial charge in [0.2, 0.25) is 5.91 Å². The highest BCUT2D eigenvalue weighted by molar-refractivity contribution is 7.99. The molecule has 7 heteroatoms. The molecule has 0 atom stereocenters. The molecule has 0 bridgehead atoms. The second-order valence-corrected chi connectivity index (χ2v) is 7.14. The van der Waals surface area contributed by atoms with Crippen molar-refractivity contribution in [3.63, 3.8) is 0 Å². The van der Waals surface area contributed by atoms with E-state index in [1.165, 1.54) is 11.8 Å². The minimum atomic E-state index is 0.0877. The fourth-order valence-corrected chi connectivity index (χ4v) is 2.93. The number of anilines is 1. The van der Waals surface area contributed by atoms with Gasteiger partial charge in [0.25, 0.3) is 0 Å². The van der Waals surface area contributed by atoms with Crippen molar-refractivity contribution in [2.45, 2.75) is 13.0 Å². The first-order valence-corrected chi connectivity index (χ1v) is 9.78. The Morgan fingerprint density at radius 2 is 1.96 bits per heavy atom. The number of thioether (sulfide) groups is 1. The van der Waals surface area contributed by atoms with Gasteiger partial charge in [-0.3, -0.25) is 4.79 Å². The van der Waals surface area contributed by atoms with Crippen LogP contribution in [0.4, 0.5) is 5.82 Å². The third-order valence-electron chi connectivity index (χ3n) is 3.80.